The molecule has 3 aromatic carbocycles. The normalized spacial score (nSPS) is 14.6. The third-order valence-corrected chi connectivity index (χ3v) is 6.43. The molecule has 2 heterocycles. The number of carbonyl (C=O) groups is 1. The first-order valence-electron chi connectivity index (χ1n) is 11.9. The minimum Gasteiger partial charge on any atom is -0.497 e. The van der Waals surface area contributed by atoms with Gasteiger partial charge in [0.05, 0.1) is 39.3 Å². The van der Waals surface area contributed by atoms with Crippen LogP contribution in [0, 0.1) is 0 Å². The maximum Gasteiger partial charge on any atom is 0.276 e. The molecular formula is C28H28N4O5. The Morgan fingerprint density at radius 1 is 0.919 bits per heavy atom. The Balaban J connectivity index is 1.46. The van der Waals surface area contributed by atoms with E-state index in [1.54, 1.807) is 26.2 Å². The van der Waals surface area contributed by atoms with E-state index in [1.807, 2.05) is 66.7 Å². The van der Waals surface area contributed by atoms with Crippen LogP contribution in [0.15, 0.2) is 72.9 Å². The van der Waals surface area contributed by atoms with Gasteiger partial charge in [-0.3, -0.25) is 4.79 Å². The molecule has 9 heteroatoms. The van der Waals surface area contributed by atoms with Gasteiger partial charge in [-0.05, 0) is 66.1 Å². The summed E-state index contributed by atoms with van der Waals surface area (Å²) in [5.41, 5.74) is 3.07. The van der Waals surface area contributed by atoms with E-state index < -0.39 is 0 Å². The van der Waals surface area contributed by atoms with Crippen LogP contribution < -0.4 is 18.9 Å². The van der Waals surface area contributed by atoms with E-state index in [0.717, 1.165) is 22.6 Å². The SMILES string of the molecule is COc1ccc(OCC2c3cc(OC)c(OC)cc3CCN2C(=O)c2cnn(-c3ccccc3)n2)cc1. The highest BCUT2D eigenvalue weighted by Gasteiger charge is 2.34. The van der Waals surface area contributed by atoms with Crippen LogP contribution >= 0.6 is 0 Å². The zero-order chi connectivity index (χ0) is 25.8. The number of nitrogens with zero attached hydrogens (tertiary/aromatic N) is 4. The van der Waals surface area contributed by atoms with E-state index in [1.165, 1.54) is 11.0 Å². The van der Waals surface area contributed by atoms with Gasteiger partial charge >= 0.3 is 0 Å². The molecule has 5 rings (SSSR count). The number of fused-ring (bicyclic) bond motifs is 1. The second-order valence-electron chi connectivity index (χ2n) is 8.51. The molecule has 190 valence electrons. The largest absolute Gasteiger partial charge is 0.497 e. The lowest BCUT2D eigenvalue weighted by molar-refractivity contribution is 0.0583. The third-order valence-electron chi connectivity index (χ3n) is 6.43. The Labute approximate surface area is 215 Å². The maximum atomic E-state index is 13.7. The highest BCUT2D eigenvalue weighted by molar-refractivity contribution is 5.92. The van der Waals surface area contributed by atoms with E-state index in [0.29, 0.717) is 30.2 Å². The van der Waals surface area contributed by atoms with Crippen LogP contribution in [0.4, 0.5) is 0 Å². The van der Waals surface area contributed by atoms with Crippen LogP contribution in [-0.2, 0) is 6.42 Å². The first-order chi connectivity index (χ1) is 18.1. The van der Waals surface area contributed by atoms with Crippen LogP contribution in [-0.4, -0.2) is 60.3 Å². The van der Waals surface area contributed by atoms with Crippen LogP contribution in [0.5, 0.6) is 23.0 Å². The fraction of sp³-hybridized carbons (Fsp3) is 0.250. The molecule has 9 nitrogen and oxygen atoms in total. The van der Waals surface area contributed by atoms with Crippen molar-refractivity contribution in [3.05, 3.63) is 89.7 Å². The van der Waals surface area contributed by atoms with Crippen molar-refractivity contribution in [3.63, 3.8) is 0 Å². The van der Waals surface area contributed by atoms with Gasteiger partial charge in [-0.1, -0.05) is 18.2 Å². The van der Waals surface area contributed by atoms with E-state index in [9.17, 15) is 4.79 Å². The number of amides is 1. The van der Waals surface area contributed by atoms with Crippen LogP contribution in [0.25, 0.3) is 5.69 Å². The molecule has 1 amide bonds. The molecular weight excluding hydrogens is 472 g/mol. The summed E-state index contributed by atoms with van der Waals surface area (Å²) in [7, 11) is 4.83. The number of benzene rings is 3. The summed E-state index contributed by atoms with van der Waals surface area (Å²) in [5.74, 6) is 2.45. The summed E-state index contributed by atoms with van der Waals surface area (Å²) < 4.78 is 22.5. The average Bonchev–Trinajstić information content (AvgIpc) is 3.46. The van der Waals surface area contributed by atoms with Gasteiger partial charge in [-0.2, -0.15) is 9.90 Å². The highest BCUT2D eigenvalue weighted by Crippen LogP contribution is 2.39. The van der Waals surface area contributed by atoms with Gasteiger partial charge < -0.3 is 23.8 Å². The first-order valence-corrected chi connectivity index (χ1v) is 11.9. The molecule has 0 aliphatic carbocycles. The monoisotopic (exact) mass is 500 g/mol. The first kappa shape index (κ1) is 24.2. The molecule has 1 unspecified atom stereocenters. The molecule has 1 aliphatic heterocycles. The van der Waals surface area contributed by atoms with Gasteiger partial charge in [0.15, 0.2) is 17.2 Å². The van der Waals surface area contributed by atoms with E-state index in [-0.39, 0.29) is 24.2 Å². The summed E-state index contributed by atoms with van der Waals surface area (Å²) >= 11 is 0. The van der Waals surface area contributed by atoms with Gasteiger partial charge in [-0.25, -0.2) is 0 Å². The molecule has 0 radical (unpaired) electrons. The predicted octanol–water partition coefficient (Wildman–Crippen LogP) is 4.11. The Bertz CT molecular complexity index is 1370. The number of hydrogen-bond acceptors (Lipinski definition) is 7. The molecule has 0 spiro atoms. The zero-order valence-electron chi connectivity index (χ0n) is 21.0. The zero-order valence-corrected chi connectivity index (χ0v) is 21.0. The maximum absolute atomic E-state index is 13.7. The Morgan fingerprint density at radius 3 is 2.32 bits per heavy atom. The summed E-state index contributed by atoms with van der Waals surface area (Å²) in [6, 6.07) is 20.4. The minimum absolute atomic E-state index is 0.217. The van der Waals surface area contributed by atoms with E-state index in [2.05, 4.69) is 10.2 Å². The summed E-state index contributed by atoms with van der Waals surface area (Å²) in [6.45, 7) is 0.740. The topological polar surface area (TPSA) is 87.9 Å². The van der Waals surface area contributed by atoms with Gasteiger partial charge in [-0.15, -0.1) is 5.10 Å². The number of methoxy groups -OCH3 is 3. The average molecular weight is 501 g/mol. The fourth-order valence-electron chi connectivity index (χ4n) is 4.49. The van der Waals surface area contributed by atoms with Gasteiger partial charge in [0.2, 0.25) is 0 Å². The van der Waals surface area contributed by atoms with Crippen molar-refractivity contribution in [1.29, 1.82) is 0 Å². The Morgan fingerprint density at radius 2 is 1.62 bits per heavy atom. The highest BCUT2D eigenvalue weighted by atomic mass is 16.5. The van der Waals surface area contributed by atoms with Crippen LogP contribution in [0.1, 0.15) is 27.7 Å². The molecule has 0 saturated heterocycles. The molecule has 37 heavy (non-hydrogen) atoms. The quantitative estimate of drug-likeness (QED) is 0.360. The standard InChI is InChI=1S/C28H28N4O5/c1-34-21-9-11-22(12-10-21)37-18-25-23-16-27(36-3)26(35-2)15-19(23)13-14-31(25)28(33)24-17-29-32(30-24)20-7-5-4-6-8-20/h4-12,15-17,25H,13-14,18H2,1-3H3. The van der Waals surface area contributed by atoms with Gasteiger partial charge in [0, 0.05) is 6.54 Å². The van der Waals surface area contributed by atoms with Crippen LogP contribution in [0.3, 0.4) is 0 Å². The third kappa shape index (κ3) is 4.93. The molecule has 1 atom stereocenters. The lowest BCUT2D eigenvalue weighted by atomic mass is 9.92. The predicted molar refractivity (Wildman–Crippen MR) is 137 cm³/mol. The van der Waals surface area contributed by atoms with Crippen molar-refractivity contribution in [1.82, 2.24) is 19.9 Å². The molecule has 1 aliphatic rings. The van der Waals surface area contributed by atoms with Crippen molar-refractivity contribution in [3.8, 4) is 28.7 Å². The van der Waals surface area contributed by atoms with E-state index >= 15 is 0 Å². The molecule has 0 N–H and O–H groups in total. The smallest absolute Gasteiger partial charge is 0.276 e. The second kappa shape index (κ2) is 10.6. The van der Waals surface area contributed by atoms with Crippen molar-refractivity contribution < 1.29 is 23.7 Å². The number of carbonyl (C=O) groups excluding carboxylic acids is 1. The van der Waals surface area contributed by atoms with Gasteiger partial charge in [0.1, 0.15) is 18.1 Å². The fourth-order valence-corrected chi connectivity index (χ4v) is 4.49. The number of rotatable bonds is 8. The molecule has 0 fully saturated rings. The summed E-state index contributed by atoms with van der Waals surface area (Å²) in [4.78, 5) is 17.0. The van der Waals surface area contributed by atoms with Crippen LogP contribution in [0.2, 0.25) is 0 Å². The number of ether oxygens (including phenoxy) is 4. The Kier molecular flexibility index (Phi) is 6.93. The lowest BCUT2D eigenvalue weighted by Crippen LogP contribution is -2.42. The van der Waals surface area contributed by atoms with Crippen molar-refractivity contribution >= 4 is 5.91 Å². The summed E-state index contributed by atoms with van der Waals surface area (Å²) in [5, 5.41) is 8.77. The lowest BCUT2D eigenvalue weighted by Gasteiger charge is -2.37. The van der Waals surface area contributed by atoms with Gasteiger partial charge in [0.25, 0.3) is 5.91 Å². The minimum atomic E-state index is -0.375. The van der Waals surface area contributed by atoms with Crippen molar-refractivity contribution in [2.45, 2.75) is 12.5 Å². The molecule has 0 saturated carbocycles. The number of hydrogen-bond donors (Lipinski definition) is 0. The Hall–Kier alpha value is -4.53. The number of para-hydroxylation sites is 1. The second-order valence-corrected chi connectivity index (χ2v) is 8.51. The molecule has 1 aromatic heterocycles. The number of aromatic nitrogens is 3. The molecule has 4 aromatic rings. The summed E-state index contributed by atoms with van der Waals surface area (Å²) in [6.07, 6.45) is 2.16. The molecule has 0 bridgehead atoms. The van der Waals surface area contributed by atoms with Crippen molar-refractivity contribution in [2.75, 3.05) is 34.5 Å². The van der Waals surface area contributed by atoms with Crippen molar-refractivity contribution in [2.24, 2.45) is 0 Å². The van der Waals surface area contributed by atoms with E-state index in [4.69, 9.17) is 18.9 Å².